The van der Waals surface area contributed by atoms with Gasteiger partial charge in [0.2, 0.25) is 0 Å². The number of nitriles is 1. The van der Waals surface area contributed by atoms with Crippen molar-refractivity contribution in [3.05, 3.63) is 35.1 Å². The Hall–Kier alpha value is -2.13. The summed E-state index contributed by atoms with van der Waals surface area (Å²) in [6.45, 7) is 13.1. The van der Waals surface area contributed by atoms with Crippen LogP contribution in [0.4, 0.5) is 9.18 Å². The summed E-state index contributed by atoms with van der Waals surface area (Å²) in [6.07, 6.45) is 1.78. The zero-order valence-electron chi connectivity index (χ0n) is 17.9. The molecule has 0 radical (unpaired) electrons. The molecule has 0 unspecified atom stereocenters. The average Bonchev–Trinajstić information content (AvgIpc) is 3.37. The second-order valence-electron chi connectivity index (χ2n) is 9.38. The van der Waals surface area contributed by atoms with Gasteiger partial charge in [0.25, 0.3) is 0 Å². The molecule has 154 valence electrons. The third kappa shape index (κ3) is 5.68. The van der Waals surface area contributed by atoms with Crippen LogP contribution in [0.2, 0.25) is 0 Å². The first-order valence-electron chi connectivity index (χ1n) is 9.84. The standard InChI is InChI=1S/C22H32FN3O2/c1-21(2,3)26(22(4,5)6)20(27)28-13-12-25(18-10-11-18)15-17-9-7-8-16(14-24)19(17)23/h7-9,18H,10-13,15H2,1-6H3. The molecule has 0 aliphatic heterocycles. The van der Waals surface area contributed by atoms with E-state index in [9.17, 15) is 9.18 Å². The van der Waals surface area contributed by atoms with Crippen molar-refractivity contribution in [2.45, 2.75) is 78.0 Å². The van der Waals surface area contributed by atoms with Crippen molar-refractivity contribution in [2.75, 3.05) is 13.2 Å². The highest BCUT2D eigenvalue weighted by molar-refractivity contribution is 5.69. The van der Waals surface area contributed by atoms with Gasteiger partial charge in [0.15, 0.2) is 0 Å². The first kappa shape index (κ1) is 22.2. The number of hydrogen-bond acceptors (Lipinski definition) is 4. The van der Waals surface area contributed by atoms with Gasteiger partial charge in [-0.1, -0.05) is 12.1 Å². The lowest BCUT2D eigenvalue weighted by atomic mass is 9.97. The van der Waals surface area contributed by atoms with Crippen LogP contribution in [0.25, 0.3) is 0 Å². The molecule has 0 aromatic heterocycles. The molecule has 6 heteroatoms. The van der Waals surface area contributed by atoms with Crippen LogP contribution in [0.5, 0.6) is 0 Å². The number of carbonyl (C=O) groups excluding carboxylic acids is 1. The third-order valence-corrected chi connectivity index (χ3v) is 4.76. The fourth-order valence-electron chi connectivity index (χ4n) is 3.71. The molecule has 1 amide bonds. The lowest BCUT2D eigenvalue weighted by molar-refractivity contribution is 0.0160. The van der Waals surface area contributed by atoms with E-state index < -0.39 is 5.82 Å². The van der Waals surface area contributed by atoms with Crippen molar-refractivity contribution in [3.63, 3.8) is 0 Å². The van der Waals surface area contributed by atoms with Gasteiger partial charge in [-0.15, -0.1) is 0 Å². The molecule has 5 nitrogen and oxygen atoms in total. The topological polar surface area (TPSA) is 56.6 Å². The molecule has 1 aliphatic carbocycles. The lowest BCUT2D eigenvalue weighted by Crippen LogP contribution is -2.56. The van der Waals surface area contributed by atoms with Crippen LogP contribution in [-0.2, 0) is 11.3 Å². The van der Waals surface area contributed by atoms with Gasteiger partial charge in [-0.3, -0.25) is 9.80 Å². The molecule has 1 saturated carbocycles. The normalized spacial score (nSPS) is 14.7. The highest BCUT2D eigenvalue weighted by Crippen LogP contribution is 2.29. The van der Waals surface area contributed by atoms with Crippen molar-refractivity contribution >= 4 is 6.09 Å². The molecule has 0 N–H and O–H groups in total. The van der Waals surface area contributed by atoms with E-state index in [0.29, 0.717) is 24.7 Å². The Balaban J connectivity index is 1.99. The van der Waals surface area contributed by atoms with Crippen LogP contribution < -0.4 is 0 Å². The molecule has 0 saturated heterocycles. The molecule has 0 atom stereocenters. The maximum atomic E-state index is 14.4. The summed E-state index contributed by atoms with van der Waals surface area (Å²) in [7, 11) is 0. The SMILES string of the molecule is CC(C)(C)N(C(=O)OCCN(Cc1cccc(C#N)c1F)C1CC1)C(C)(C)C. The minimum Gasteiger partial charge on any atom is -0.448 e. The monoisotopic (exact) mass is 389 g/mol. The predicted molar refractivity (Wildman–Crippen MR) is 107 cm³/mol. The molecule has 1 fully saturated rings. The highest BCUT2D eigenvalue weighted by atomic mass is 19.1. The zero-order chi connectivity index (χ0) is 21.1. The average molecular weight is 390 g/mol. The zero-order valence-corrected chi connectivity index (χ0v) is 17.9. The van der Waals surface area contributed by atoms with Crippen molar-refractivity contribution in [3.8, 4) is 6.07 Å². The molecule has 28 heavy (non-hydrogen) atoms. The van der Waals surface area contributed by atoms with E-state index in [0.717, 1.165) is 12.8 Å². The van der Waals surface area contributed by atoms with Crippen LogP contribution in [-0.4, -0.2) is 46.2 Å². The minimum absolute atomic E-state index is 0.0608. The maximum absolute atomic E-state index is 14.4. The quantitative estimate of drug-likeness (QED) is 0.708. The summed E-state index contributed by atoms with van der Waals surface area (Å²) < 4.78 is 20.0. The van der Waals surface area contributed by atoms with Crippen molar-refractivity contribution < 1.29 is 13.9 Å². The van der Waals surface area contributed by atoms with Crippen LogP contribution in [0.1, 0.15) is 65.5 Å². The second kappa shape index (κ2) is 8.48. The van der Waals surface area contributed by atoms with E-state index in [4.69, 9.17) is 10.00 Å². The smallest absolute Gasteiger partial charge is 0.410 e. The summed E-state index contributed by atoms with van der Waals surface area (Å²) in [6, 6.07) is 7.15. The molecule has 1 aromatic carbocycles. The third-order valence-electron chi connectivity index (χ3n) is 4.76. The molecular formula is C22H32FN3O2. The number of hydrogen-bond donors (Lipinski definition) is 0. The van der Waals surface area contributed by atoms with Crippen molar-refractivity contribution in [2.24, 2.45) is 0 Å². The number of nitrogens with zero attached hydrogens (tertiary/aromatic N) is 3. The maximum Gasteiger partial charge on any atom is 0.410 e. The van der Waals surface area contributed by atoms with Gasteiger partial charge < -0.3 is 4.74 Å². The van der Waals surface area contributed by atoms with Gasteiger partial charge in [-0.25, -0.2) is 9.18 Å². The van der Waals surface area contributed by atoms with E-state index in [1.807, 2.05) is 47.6 Å². The number of carbonyl (C=O) groups is 1. The van der Waals surface area contributed by atoms with Gasteiger partial charge in [0, 0.05) is 35.8 Å². The summed E-state index contributed by atoms with van der Waals surface area (Å²) in [5.74, 6) is -0.459. The van der Waals surface area contributed by atoms with E-state index in [1.165, 1.54) is 6.07 Å². The number of rotatable bonds is 6. The summed E-state index contributed by atoms with van der Waals surface area (Å²) in [5, 5.41) is 9.02. The van der Waals surface area contributed by atoms with E-state index in [2.05, 4.69) is 4.90 Å². The second-order valence-corrected chi connectivity index (χ2v) is 9.38. The number of amides is 1. The van der Waals surface area contributed by atoms with Gasteiger partial charge in [-0.05, 0) is 60.5 Å². The van der Waals surface area contributed by atoms with E-state index in [-0.39, 0.29) is 29.3 Å². The lowest BCUT2D eigenvalue weighted by Gasteiger charge is -2.44. The van der Waals surface area contributed by atoms with Gasteiger partial charge in [0.1, 0.15) is 18.5 Å². The molecular weight excluding hydrogens is 357 g/mol. The number of halogens is 1. The molecule has 1 aromatic rings. The Morgan fingerprint density at radius 2 is 1.82 bits per heavy atom. The van der Waals surface area contributed by atoms with Crippen molar-refractivity contribution in [1.82, 2.24) is 9.80 Å². The van der Waals surface area contributed by atoms with Gasteiger partial charge in [-0.2, -0.15) is 5.26 Å². The van der Waals surface area contributed by atoms with Crippen LogP contribution >= 0.6 is 0 Å². The Morgan fingerprint density at radius 3 is 2.32 bits per heavy atom. The van der Waals surface area contributed by atoms with Crippen molar-refractivity contribution in [1.29, 1.82) is 5.26 Å². The largest absolute Gasteiger partial charge is 0.448 e. The minimum atomic E-state index is -0.459. The number of ether oxygens (including phenoxy) is 1. The Labute approximate surface area is 168 Å². The highest BCUT2D eigenvalue weighted by Gasteiger charge is 2.37. The first-order valence-corrected chi connectivity index (χ1v) is 9.84. The van der Waals surface area contributed by atoms with Crippen LogP contribution in [0.15, 0.2) is 18.2 Å². The molecule has 0 bridgehead atoms. The summed E-state index contributed by atoms with van der Waals surface area (Å²) in [5.41, 5.74) is -0.146. The Morgan fingerprint density at radius 1 is 1.21 bits per heavy atom. The Kier molecular flexibility index (Phi) is 6.71. The predicted octanol–water partition coefficient (Wildman–Crippen LogP) is 4.70. The fourth-order valence-corrected chi connectivity index (χ4v) is 3.71. The van der Waals surface area contributed by atoms with E-state index >= 15 is 0 Å². The Bertz CT molecular complexity index is 726. The first-order chi connectivity index (χ1) is 12.9. The fraction of sp³-hybridized carbons (Fsp3) is 0.636. The van der Waals surface area contributed by atoms with Gasteiger partial charge in [0.05, 0.1) is 5.56 Å². The molecule has 0 spiro atoms. The molecule has 0 heterocycles. The van der Waals surface area contributed by atoms with Crippen LogP contribution in [0.3, 0.4) is 0 Å². The van der Waals surface area contributed by atoms with E-state index in [1.54, 1.807) is 17.0 Å². The molecule has 2 rings (SSSR count). The van der Waals surface area contributed by atoms with Gasteiger partial charge >= 0.3 is 6.09 Å². The summed E-state index contributed by atoms with van der Waals surface area (Å²) >= 11 is 0. The summed E-state index contributed by atoms with van der Waals surface area (Å²) in [4.78, 5) is 16.6. The number of benzene rings is 1. The molecule has 1 aliphatic rings. The van der Waals surface area contributed by atoms with Crippen LogP contribution in [0, 0.1) is 17.1 Å².